The summed E-state index contributed by atoms with van der Waals surface area (Å²) >= 11 is 0. The molecule has 1 N–H and O–H groups in total. The van der Waals surface area contributed by atoms with Crippen molar-refractivity contribution in [2.24, 2.45) is 0 Å². The molecule has 1 rings (SSSR count). The molecule has 0 aromatic carbocycles. The highest BCUT2D eigenvalue weighted by atomic mass is 19.3. The number of alkyl halides is 2. The van der Waals surface area contributed by atoms with Crippen molar-refractivity contribution in [3.8, 4) is 5.88 Å². The van der Waals surface area contributed by atoms with Crippen molar-refractivity contribution in [2.45, 2.75) is 13.3 Å². The maximum atomic E-state index is 11.8. The van der Waals surface area contributed by atoms with Gasteiger partial charge in [-0.1, -0.05) is 0 Å². The highest BCUT2D eigenvalue weighted by Gasteiger charge is 2.05. The molecule has 0 aliphatic carbocycles. The van der Waals surface area contributed by atoms with E-state index in [-0.39, 0.29) is 5.88 Å². The Balaban J connectivity index is 2.66. The monoisotopic (exact) mass is 202 g/mol. The Kier molecular flexibility index (Phi) is 3.62. The quantitative estimate of drug-likeness (QED) is 0.811. The van der Waals surface area contributed by atoms with Gasteiger partial charge in [0.05, 0.1) is 11.9 Å². The second-order valence-electron chi connectivity index (χ2n) is 2.79. The Morgan fingerprint density at radius 1 is 1.57 bits per heavy atom. The number of nitrogens with zero attached hydrogens (tertiary/aromatic N) is 1. The molecule has 1 aromatic heterocycles. The SMILES string of the molecule is CNc1cnc(OCC(F)F)cc1C. The molecule has 0 bridgehead atoms. The number of rotatable bonds is 4. The number of aromatic nitrogens is 1. The summed E-state index contributed by atoms with van der Waals surface area (Å²) in [4.78, 5) is 3.86. The lowest BCUT2D eigenvalue weighted by atomic mass is 10.2. The molecular weight excluding hydrogens is 190 g/mol. The first-order valence-corrected chi connectivity index (χ1v) is 4.19. The van der Waals surface area contributed by atoms with E-state index in [1.54, 1.807) is 19.3 Å². The second kappa shape index (κ2) is 4.74. The molecule has 0 fully saturated rings. The lowest BCUT2D eigenvalue weighted by molar-refractivity contribution is 0.0796. The summed E-state index contributed by atoms with van der Waals surface area (Å²) in [5, 5.41) is 2.92. The summed E-state index contributed by atoms with van der Waals surface area (Å²) < 4.78 is 28.4. The number of hydrogen-bond donors (Lipinski definition) is 1. The molecular formula is C9H12F2N2O. The number of pyridine rings is 1. The van der Waals surface area contributed by atoms with E-state index in [0.717, 1.165) is 11.3 Å². The second-order valence-corrected chi connectivity index (χ2v) is 2.79. The molecule has 1 heterocycles. The van der Waals surface area contributed by atoms with Gasteiger partial charge >= 0.3 is 0 Å². The molecule has 0 aliphatic heterocycles. The van der Waals surface area contributed by atoms with Crippen LogP contribution >= 0.6 is 0 Å². The molecule has 0 aliphatic rings. The fourth-order valence-electron chi connectivity index (χ4n) is 1.02. The fourth-order valence-corrected chi connectivity index (χ4v) is 1.02. The number of hydrogen-bond acceptors (Lipinski definition) is 3. The third kappa shape index (κ3) is 2.83. The fraction of sp³-hybridized carbons (Fsp3) is 0.444. The summed E-state index contributed by atoms with van der Waals surface area (Å²) in [6.45, 7) is 1.23. The van der Waals surface area contributed by atoms with Crippen LogP contribution in [-0.2, 0) is 0 Å². The van der Waals surface area contributed by atoms with Crippen LogP contribution in [-0.4, -0.2) is 25.1 Å². The third-order valence-electron chi connectivity index (χ3n) is 1.71. The normalized spacial score (nSPS) is 10.4. The van der Waals surface area contributed by atoms with Gasteiger partial charge in [0.2, 0.25) is 5.88 Å². The van der Waals surface area contributed by atoms with Crippen LogP contribution in [0.4, 0.5) is 14.5 Å². The minimum absolute atomic E-state index is 0.224. The van der Waals surface area contributed by atoms with Gasteiger partial charge in [-0.15, -0.1) is 0 Å². The van der Waals surface area contributed by atoms with Crippen LogP contribution in [0.5, 0.6) is 5.88 Å². The topological polar surface area (TPSA) is 34.2 Å². The average Bonchev–Trinajstić information content (AvgIpc) is 2.15. The molecule has 0 amide bonds. The van der Waals surface area contributed by atoms with Gasteiger partial charge in [-0.05, 0) is 12.5 Å². The van der Waals surface area contributed by atoms with Crippen LogP contribution in [0.15, 0.2) is 12.3 Å². The van der Waals surface area contributed by atoms with Crippen molar-refractivity contribution >= 4 is 5.69 Å². The molecule has 78 valence electrons. The molecule has 0 radical (unpaired) electrons. The molecule has 3 nitrogen and oxygen atoms in total. The highest BCUT2D eigenvalue weighted by molar-refractivity contribution is 5.49. The molecule has 1 aromatic rings. The van der Waals surface area contributed by atoms with Gasteiger partial charge in [-0.2, -0.15) is 0 Å². The van der Waals surface area contributed by atoms with Gasteiger partial charge in [0.1, 0.15) is 0 Å². The number of halogens is 2. The van der Waals surface area contributed by atoms with Crippen molar-refractivity contribution in [1.82, 2.24) is 4.98 Å². The molecule has 14 heavy (non-hydrogen) atoms. The van der Waals surface area contributed by atoms with Crippen LogP contribution in [0, 0.1) is 6.92 Å². The maximum Gasteiger partial charge on any atom is 0.272 e. The van der Waals surface area contributed by atoms with Crippen LogP contribution in [0.1, 0.15) is 5.56 Å². The lowest BCUT2D eigenvalue weighted by Gasteiger charge is -2.08. The van der Waals surface area contributed by atoms with E-state index in [1.165, 1.54) is 0 Å². The Bertz CT molecular complexity index is 305. The van der Waals surface area contributed by atoms with Crippen molar-refractivity contribution in [3.05, 3.63) is 17.8 Å². The maximum absolute atomic E-state index is 11.8. The zero-order valence-corrected chi connectivity index (χ0v) is 8.05. The van der Waals surface area contributed by atoms with E-state index in [1.807, 2.05) is 6.92 Å². The van der Waals surface area contributed by atoms with E-state index in [9.17, 15) is 8.78 Å². The van der Waals surface area contributed by atoms with Crippen molar-refractivity contribution in [2.75, 3.05) is 19.0 Å². The molecule has 0 saturated carbocycles. The van der Waals surface area contributed by atoms with Gasteiger partial charge in [-0.25, -0.2) is 13.8 Å². The first-order valence-electron chi connectivity index (χ1n) is 4.19. The average molecular weight is 202 g/mol. The number of aryl methyl sites for hydroxylation is 1. The van der Waals surface area contributed by atoms with E-state index in [4.69, 9.17) is 4.74 Å². The van der Waals surface area contributed by atoms with E-state index in [0.29, 0.717) is 0 Å². The van der Waals surface area contributed by atoms with Crippen molar-refractivity contribution in [1.29, 1.82) is 0 Å². The predicted molar refractivity (Wildman–Crippen MR) is 50.0 cm³/mol. The van der Waals surface area contributed by atoms with Crippen LogP contribution in [0.3, 0.4) is 0 Å². The lowest BCUT2D eigenvalue weighted by Crippen LogP contribution is -2.08. The highest BCUT2D eigenvalue weighted by Crippen LogP contribution is 2.17. The molecule has 0 atom stereocenters. The standard InChI is InChI=1S/C9H12F2N2O/c1-6-3-9(14-5-8(10)11)13-4-7(6)12-2/h3-4,8,12H,5H2,1-2H3. The number of nitrogens with one attached hydrogen (secondary N) is 1. The minimum atomic E-state index is -2.47. The summed E-state index contributed by atoms with van der Waals surface area (Å²) in [7, 11) is 1.77. The van der Waals surface area contributed by atoms with Crippen LogP contribution in [0.2, 0.25) is 0 Å². The predicted octanol–water partition coefficient (Wildman–Crippen LogP) is 2.08. The largest absolute Gasteiger partial charge is 0.472 e. The van der Waals surface area contributed by atoms with Crippen LogP contribution in [0.25, 0.3) is 0 Å². The van der Waals surface area contributed by atoms with Gasteiger partial charge in [0.25, 0.3) is 6.43 Å². The van der Waals surface area contributed by atoms with Crippen molar-refractivity contribution in [3.63, 3.8) is 0 Å². The van der Waals surface area contributed by atoms with Gasteiger partial charge in [-0.3, -0.25) is 0 Å². The Hall–Kier alpha value is -1.39. The van der Waals surface area contributed by atoms with E-state index >= 15 is 0 Å². The Morgan fingerprint density at radius 3 is 2.79 bits per heavy atom. The third-order valence-corrected chi connectivity index (χ3v) is 1.71. The smallest absolute Gasteiger partial charge is 0.272 e. The minimum Gasteiger partial charge on any atom is -0.472 e. The summed E-state index contributed by atoms with van der Waals surface area (Å²) in [5.41, 5.74) is 1.76. The summed E-state index contributed by atoms with van der Waals surface area (Å²) in [5.74, 6) is 0.224. The van der Waals surface area contributed by atoms with Gasteiger partial charge in [0, 0.05) is 13.1 Å². The Labute approximate surface area is 81.1 Å². The first kappa shape index (κ1) is 10.7. The molecule has 5 heteroatoms. The van der Waals surface area contributed by atoms with E-state index in [2.05, 4.69) is 10.3 Å². The number of ether oxygens (including phenoxy) is 1. The Morgan fingerprint density at radius 2 is 2.29 bits per heavy atom. The number of anilines is 1. The zero-order chi connectivity index (χ0) is 10.6. The van der Waals surface area contributed by atoms with Gasteiger partial charge in [0.15, 0.2) is 6.61 Å². The molecule has 0 spiro atoms. The first-order chi connectivity index (χ1) is 6.63. The van der Waals surface area contributed by atoms with Crippen LogP contribution < -0.4 is 10.1 Å². The van der Waals surface area contributed by atoms with E-state index < -0.39 is 13.0 Å². The summed E-state index contributed by atoms with van der Waals surface area (Å²) in [6.07, 6.45) is -0.919. The summed E-state index contributed by atoms with van der Waals surface area (Å²) in [6, 6.07) is 1.62. The molecule has 0 saturated heterocycles. The molecule has 0 unspecified atom stereocenters. The van der Waals surface area contributed by atoms with Gasteiger partial charge < -0.3 is 10.1 Å². The van der Waals surface area contributed by atoms with Crippen molar-refractivity contribution < 1.29 is 13.5 Å². The zero-order valence-electron chi connectivity index (χ0n) is 8.05.